The molecule has 0 unspecified atom stereocenters. The molecular formula is C31H41F3N2O5. The van der Waals surface area contributed by atoms with Crippen LogP contribution in [0.5, 0.6) is 5.75 Å². The van der Waals surface area contributed by atoms with Crippen LogP contribution in [0.15, 0.2) is 45.8 Å². The second-order valence-electron chi connectivity index (χ2n) is 11.7. The molecule has 226 valence electrons. The number of rotatable bonds is 9. The highest BCUT2D eigenvalue weighted by Crippen LogP contribution is 2.35. The average Bonchev–Trinajstić information content (AvgIpc) is 3.16. The molecule has 1 aromatic heterocycles. The van der Waals surface area contributed by atoms with Crippen molar-refractivity contribution in [1.82, 2.24) is 9.80 Å². The van der Waals surface area contributed by atoms with Crippen LogP contribution in [0.1, 0.15) is 63.3 Å². The molecule has 4 rings (SSSR count). The molecule has 1 amide bonds. The number of hydrogen-bond donors (Lipinski definition) is 0. The Balaban J connectivity index is 1.24. The van der Waals surface area contributed by atoms with E-state index in [9.17, 15) is 22.8 Å². The lowest BCUT2D eigenvalue weighted by Crippen LogP contribution is -2.40. The molecule has 2 aromatic rings. The van der Waals surface area contributed by atoms with Gasteiger partial charge in [-0.05, 0) is 54.7 Å². The number of hydrogen-bond acceptors (Lipinski definition) is 6. The SMILES string of the molecule is CC(C)[C@@H]1CC[C@@H](C)C[C@H]1OCC(=O)N1CCCN(Cc2cc(=O)c(OCc3ccc(C(F)(F)F)cc3)co2)CC1. The Kier molecular flexibility index (Phi) is 10.5. The van der Waals surface area contributed by atoms with Gasteiger partial charge >= 0.3 is 6.18 Å². The quantitative estimate of drug-likeness (QED) is 0.378. The number of benzene rings is 1. The third kappa shape index (κ3) is 8.82. The number of halogens is 3. The Morgan fingerprint density at radius 1 is 1.10 bits per heavy atom. The summed E-state index contributed by atoms with van der Waals surface area (Å²) in [5.41, 5.74) is -0.601. The van der Waals surface area contributed by atoms with Gasteiger partial charge in [-0.2, -0.15) is 13.2 Å². The predicted molar refractivity (Wildman–Crippen MR) is 148 cm³/mol. The molecule has 0 N–H and O–H groups in total. The molecule has 1 aliphatic heterocycles. The monoisotopic (exact) mass is 578 g/mol. The first kappa shape index (κ1) is 31.1. The van der Waals surface area contributed by atoms with Gasteiger partial charge in [-0.1, -0.05) is 39.3 Å². The number of amides is 1. The maximum atomic E-state index is 13.0. The van der Waals surface area contributed by atoms with Crippen LogP contribution in [0.3, 0.4) is 0 Å². The molecule has 2 aliphatic rings. The number of carbonyl (C=O) groups is 1. The first-order valence-corrected chi connectivity index (χ1v) is 14.5. The van der Waals surface area contributed by atoms with E-state index in [2.05, 4.69) is 25.7 Å². The van der Waals surface area contributed by atoms with E-state index in [0.717, 1.165) is 37.9 Å². The Hall–Kier alpha value is -2.85. The zero-order chi connectivity index (χ0) is 29.6. The largest absolute Gasteiger partial charge is 0.482 e. The van der Waals surface area contributed by atoms with Crippen LogP contribution in [-0.4, -0.2) is 54.6 Å². The van der Waals surface area contributed by atoms with Crippen molar-refractivity contribution in [2.75, 3.05) is 32.8 Å². The second-order valence-corrected chi connectivity index (χ2v) is 11.7. The fourth-order valence-corrected chi connectivity index (χ4v) is 5.75. The topological polar surface area (TPSA) is 72.2 Å². The maximum Gasteiger partial charge on any atom is 0.416 e. The summed E-state index contributed by atoms with van der Waals surface area (Å²) in [6.45, 7) is 9.84. The van der Waals surface area contributed by atoms with Gasteiger partial charge in [0.15, 0.2) is 0 Å². The lowest BCUT2D eigenvalue weighted by atomic mass is 9.75. The highest BCUT2D eigenvalue weighted by Gasteiger charge is 2.32. The third-order valence-electron chi connectivity index (χ3n) is 8.23. The third-order valence-corrected chi connectivity index (χ3v) is 8.23. The highest BCUT2D eigenvalue weighted by molar-refractivity contribution is 5.77. The van der Waals surface area contributed by atoms with Crippen LogP contribution in [0.4, 0.5) is 13.2 Å². The smallest absolute Gasteiger partial charge is 0.416 e. The number of nitrogens with zero attached hydrogens (tertiary/aromatic N) is 2. The molecule has 41 heavy (non-hydrogen) atoms. The van der Waals surface area contributed by atoms with Gasteiger partial charge in [0, 0.05) is 32.2 Å². The van der Waals surface area contributed by atoms with E-state index in [0.29, 0.717) is 55.3 Å². The van der Waals surface area contributed by atoms with E-state index in [-0.39, 0.29) is 36.4 Å². The van der Waals surface area contributed by atoms with Crippen molar-refractivity contribution >= 4 is 5.91 Å². The molecule has 7 nitrogen and oxygen atoms in total. The Labute approximate surface area is 239 Å². The Bertz CT molecular complexity index is 1200. The van der Waals surface area contributed by atoms with Gasteiger partial charge in [0.2, 0.25) is 17.1 Å². The van der Waals surface area contributed by atoms with E-state index in [4.69, 9.17) is 13.9 Å². The first-order valence-electron chi connectivity index (χ1n) is 14.5. The molecular weight excluding hydrogens is 537 g/mol. The summed E-state index contributed by atoms with van der Waals surface area (Å²) in [7, 11) is 0. The van der Waals surface area contributed by atoms with Crippen molar-refractivity contribution in [3.63, 3.8) is 0 Å². The fraction of sp³-hybridized carbons (Fsp3) is 0.613. The molecule has 1 aliphatic carbocycles. The minimum absolute atomic E-state index is 0.00616. The van der Waals surface area contributed by atoms with Crippen molar-refractivity contribution in [2.24, 2.45) is 17.8 Å². The summed E-state index contributed by atoms with van der Waals surface area (Å²) >= 11 is 0. The van der Waals surface area contributed by atoms with Gasteiger partial charge in [-0.3, -0.25) is 14.5 Å². The van der Waals surface area contributed by atoms with E-state index in [1.807, 2.05) is 4.90 Å². The minimum atomic E-state index is -4.41. The average molecular weight is 579 g/mol. The van der Waals surface area contributed by atoms with Gasteiger partial charge in [-0.15, -0.1) is 0 Å². The molecule has 2 heterocycles. The van der Waals surface area contributed by atoms with Crippen molar-refractivity contribution in [3.05, 3.63) is 63.7 Å². The molecule has 0 bridgehead atoms. The number of ether oxygens (including phenoxy) is 2. The lowest BCUT2D eigenvalue weighted by Gasteiger charge is -2.37. The molecule has 0 radical (unpaired) electrons. The van der Waals surface area contributed by atoms with Crippen molar-refractivity contribution in [1.29, 1.82) is 0 Å². The van der Waals surface area contributed by atoms with Gasteiger partial charge < -0.3 is 18.8 Å². The van der Waals surface area contributed by atoms with Crippen LogP contribution in [-0.2, 0) is 28.9 Å². The Morgan fingerprint density at radius 3 is 2.54 bits per heavy atom. The summed E-state index contributed by atoms with van der Waals surface area (Å²) in [6, 6.07) is 5.97. The predicted octanol–water partition coefficient (Wildman–Crippen LogP) is 5.75. The molecule has 0 spiro atoms. The fourth-order valence-electron chi connectivity index (χ4n) is 5.75. The molecule has 1 aromatic carbocycles. The van der Waals surface area contributed by atoms with Crippen LogP contribution >= 0.6 is 0 Å². The van der Waals surface area contributed by atoms with Crippen LogP contribution < -0.4 is 10.2 Å². The van der Waals surface area contributed by atoms with E-state index < -0.39 is 11.7 Å². The molecule has 1 saturated carbocycles. The van der Waals surface area contributed by atoms with Gasteiger partial charge in [0.1, 0.15) is 25.2 Å². The molecule has 10 heteroatoms. The van der Waals surface area contributed by atoms with Crippen LogP contribution in [0.25, 0.3) is 0 Å². The van der Waals surface area contributed by atoms with Crippen molar-refractivity contribution in [2.45, 2.75) is 71.9 Å². The highest BCUT2D eigenvalue weighted by atomic mass is 19.4. The first-order chi connectivity index (χ1) is 19.5. The lowest BCUT2D eigenvalue weighted by molar-refractivity contribution is -0.141. The number of alkyl halides is 3. The van der Waals surface area contributed by atoms with Crippen molar-refractivity contribution < 1.29 is 31.9 Å². The minimum Gasteiger partial charge on any atom is -0.482 e. The maximum absolute atomic E-state index is 13.0. The van der Waals surface area contributed by atoms with Crippen molar-refractivity contribution in [3.8, 4) is 5.75 Å². The van der Waals surface area contributed by atoms with E-state index >= 15 is 0 Å². The van der Waals surface area contributed by atoms with E-state index in [1.54, 1.807) is 0 Å². The summed E-state index contributed by atoms with van der Waals surface area (Å²) in [5, 5.41) is 0. The van der Waals surface area contributed by atoms with Crippen LogP contribution in [0.2, 0.25) is 0 Å². The standard InChI is InChI=1S/C31H41F3N2O5/c1-21(2)26-10-5-22(3)15-28(26)41-20-30(38)36-12-4-11-35(13-14-36)17-25-16-27(37)29(19-39-25)40-18-23-6-8-24(9-7-23)31(32,33)34/h6-9,16,19,21-22,26,28H,4-5,10-15,17-18,20H2,1-3H3/t22-,26+,28-/m1/s1. The van der Waals surface area contributed by atoms with Gasteiger partial charge in [0.25, 0.3) is 0 Å². The molecule has 3 atom stereocenters. The summed E-state index contributed by atoms with van der Waals surface area (Å²) in [5.74, 6) is 2.15. The summed E-state index contributed by atoms with van der Waals surface area (Å²) in [6.07, 6.45) is 1.15. The summed E-state index contributed by atoms with van der Waals surface area (Å²) in [4.78, 5) is 29.6. The Morgan fingerprint density at radius 2 is 1.85 bits per heavy atom. The zero-order valence-corrected chi connectivity index (χ0v) is 24.1. The van der Waals surface area contributed by atoms with E-state index in [1.165, 1.54) is 30.9 Å². The zero-order valence-electron chi connectivity index (χ0n) is 24.1. The van der Waals surface area contributed by atoms with Gasteiger partial charge in [0.05, 0.1) is 18.2 Å². The molecule has 2 fully saturated rings. The molecule has 1 saturated heterocycles. The number of carbonyl (C=O) groups excluding carboxylic acids is 1. The van der Waals surface area contributed by atoms with Crippen LogP contribution in [0, 0.1) is 17.8 Å². The summed E-state index contributed by atoms with van der Waals surface area (Å²) < 4.78 is 55.5. The normalized spacial score (nSPS) is 22.5. The van der Waals surface area contributed by atoms with Gasteiger partial charge in [-0.25, -0.2) is 0 Å². The second kappa shape index (κ2) is 13.9.